The van der Waals surface area contributed by atoms with Crippen LogP contribution < -0.4 is 5.32 Å². The number of hydrogen-bond donors (Lipinski definition) is 1. The van der Waals surface area contributed by atoms with Gasteiger partial charge in [-0.05, 0) is 19.4 Å². The normalized spacial score (nSPS) is 11.2. The molecule has 0 spiro atoms. The Kier molecular flexibility index (Phi) is 9.59. The number of rotatable bonds is 8. The summed E-state index contributed by atoms with van der Waals surface area (Å²) < 4.78 is 2.19. The van der Waals surface area contributed by atoms with Gasteiger partial charge in [0.05, 0.1) is 17.2 Å². The van der Waals surface area contributed by atoms with E-state index in [1.54, 1.807) is 11.3 Å². The Labute approximate surface area is 194 Å². The number of nitrogens with one attached hydrogen (secondary N) is 1. The lowest BCUT2D eigenvalue weighted by Gasteiger charge is -2.21. The molecule has 8 heteroatoms. The number of aromatic nitrogens is 3. The first kappa shape index (κ1) is 23.3. The average molecular weight is 524 g/mol. The van der Waals surface area contributed by atoms with Crippen molar-refractivity contribution in [1.29, 1.82) is 0 Å². The number of aryl methyl sites for hydroxylation is 1. The predicted molar refractivity (Wildman–Crippen MR) is 131 cm³/mol. The Morgan fingerprint density at radius 1 is 1.28 bits per heavy atom. The van der Waals surface area contributed by atoms with Gasteiger partial charge in [-0.3, -0.25) is 4.99 Å². The molecule has 0 saturated heterocycles. The van der Waals surface area contributed by atoms with Crippen LogP contribution in [0.15, 0.2) is 53.1 Å². The van der Waals surface area contributed by atoms with Crippen molar-refractivity contribution < 1.29 is 0 Å². The summed E-state index contributed by atoms with van der Waals surface area (Å²) >= 11 is 1.68. The molecular weight excluding hydrogens is 495 g/mol. The Hall–Kier alpha value is -1.94. The second kappa shape index (κ2) is 11.9. The summed E-state index contributed by atoms with van der Waals surface area (Å²) in [4.78, 5) is 16.0. The summed E-state index contributed by atoms with van der Waals surface area (Å²) in [6.07, 6.45) is 4.70. The van der Waals surface area contributed by atoms with Crippen LogP contribution in [0.1, 0.15) is 29.0 Å². The van der Waals surface area contributed by atoms with Crippen molar-refractivity contribution >= 4 is 41.3 Å². The molecule has 1 aromatic carbocycles. The number of aliphatic imine (C=N–C) groups is 1. The van der Waals surface area contributed by atoms with Gasteiger partial charge in [0, 0.05) is 50.9 Å². The standard InChI is InChI=1S/C21H28N6S.HI/c1-4-22-21(26(3)15-19-16-28-17(2)25-19)24-11-10-20-23-12-13-27(20)14-18-8-6-5-7-9-18;/h5-9,12-13,16H,4,10-11,14-15H2,1-3H3,(H,22,24);1H. The molecule has 0 fully saturated rings. The van der Waals surface area contributed by atoms with E-state index in [1.165, 1.54) is 5.56 Å². The maximum Gasteiger partial charge on any atom is 0.194 e. The van der Waals surface area contributed by atoms with Gasteiger partial charge in [-0.25, -0.2) is 9.97 Å². The molecule has 29 heavy (non-hydrogen) atoms. The molecule has 0 aliphatic carbocycles. The summed E-state index contributed by atoms with van der Waals surface area (Å²) in [5.74, 6) is 1.95. The summed E-state index contributed by atoms with van der Waals surface area (Å²) in [5, 5.41) is 6.57. The molecule has 3 rings (SSSR count). The smallest absolute Gasteiger partial charge is 0.194 e. The zero-order chi connectivity index (χ0) is 19.8. The van der Waals surface area contributed by atoms with Gasteiger partial charge in [-0.1, -0.05) is 30.3 Å². The molecule has 3 aromatic rings. The molecule has 2 heterocycles. The summed E-state index contributed by atoms with van der Waals surface area (Å²) in [6.45, 7) is 7.23. The summed E-state index contributed by atoms with van der Waals surface area (Å²) in [5.41, 5.74) is 2.35. The highest BCUT2D eigenvalue weighted by atomic mass is 127. The van der Waals surface area contributed by atoms with Crippen LogP contribution >= 0.6 is 35.3 Å². The van der Waals surface area contributed by atoms with Crippen molar-refractivity contribution in [2.45, 2.75) is 33.4 Å². The van der Waals surface area contributed by atoms with Crippen LogP contribution in [-0.2, 0) is 19.5 Å². The monoisotopic (exact) mass is 524 g/mol. The molecule has 2 aromatic heterocycles. The van der Waals surface area contributed by atoms with Crippen LogP contribution in [0, 0.1) is 6.92 Å². The number of thiazole rings is 1. The van der Waals surface area contributed by atoms with E-state index in [2.05, 4.69) is 61.3 Å². The predicted octanol–water partition coefficient (Wildman–Crippen LogP) is 3.95. The summed E-state index contributed by atoms with van der Waals surface area (Å²) in [6, 6.07) is 10.5. The maximum absolute atomic E-state index is 4.79. The number of nitrogens with zero attached hydrogens (tertiary/aromatic N) is 5. The third-order valence-electron chi connectivity index (χ3n) is 4.36. The fraction of sp³-hybridized carbons (Fsp3) is 0.381. The molecule has 0 bridgehead atoms. The van der Waals surface area contributed by atoms with Crippen molar-refractivity contribution in [3.8, 4) is 0 Å². The average Bonchev–Trinajstić information content (AvgIpc) is 3.30. The lowest BCUT2D eigenvalue weighted by atomic mass is 10.2. The van der Waals surface area contributed by atoms with Crippen LogP contribution in [0.4, 0.5) is 0 Å². The van der Waals surface area contributed by atoms with Crippen molar-refractivity contribution in [2.24, 2.45) is 4.99 Å². The Morgan fingerprint density at radius 3 is 2.76 bits per heavy atom. The highest BCUT2D eigenvalue weighted by molar-refractivity contribution is 14.0. The first-order valence-corrected chi connectivity index (χ1v) is 10.5. The number of benzene rings is 1. The van der Waals surface area contributed by atoms with E-state index < -0.39 is 0 Å². The zero-order valence-electron chi connectivity index (χ0n) is 17.2. The summed E-state index contributed by atoms with van der Waals surface area (Å²) in [7, 11) is 2.05. The number of halogens is 1. The SMILES string of the molecule is CCNC(=NCCc1nccn1Cc1ccccc1)N(C)Cc1csc(C)n1.I. The van der Waals surface area contributed by atoms with Crippen LogP contribution in [0.25, 0.3) is 0 Å². The molecule has 0 aliphatic heterocycles. The van der Waals surface area contributed by atoms with Gasteiger partial charge < -0.3 is 14.8 Å². The van der Waals surface area contributed by atoms with Gasteiger partial charge in [-0.2, -0.15) is 0 Å². The Balaban J connectivity index is 0.00000300. The molecule has 1 N–H and O–H groups in total. The van der Waals surface area contributed by atoms with E-state index in [0.717, 1.165) is 48.5 Å². The molecule has 0 radical (unpaired) electrons. The van der Waals surface area contributed by atoms with Crippen molar-refractivity contribution in [1.82, 2.24) is 24.8 Å². The molecule has 0 unspecified atom stereocenters. The highest BCUT2D eigenvalue weighted by Crippen LogP contribution is 2.10. The minimum Gasteiger partial charge on any atom is -0.357 e. The van der Waals surface area contributed by atoms with Crippen LogP contribution in [0.5, 0.6) is 0 Å². The zero-order valence-corrected chi connectivity index (χ0v) is 20.4. The van der Waals surface area contributed by atoms with E-state index in [9.17, 15) is 0 Å². The van der Waals surface area contributed by atoms with Crippen molar-refractivity contribution in [3.63, 3.8) is 0 Å². The van der Waals surface area contributed by atoms with Gasteiger partial charge in [-0.15, -0.1) is 35.3 Å². The second-order valence-corrected chi connectivity index (χ2v) is 7.72. The lowest BCUT2D eigenvalue weighted by Crippen LogP contribution is -2.38. The topological polar surface area (TPSA) is 58.3 Å². The molecule has 156 valence electrons. The fourth-order valence-electron chi connectivity index (χ4n) is 3.02. The van der Waals surface area contributed by atoms with E-state index in [0.29, 0.717) is 6.54 Å². The largest absolute Gasteiger partial charge is 0.357 e. The molecule has 0 aliphatic rings. The molecule has 0 atom stereocenters. The van der Waals surface area contributed by atoms with E-state index in [4.69, 9.17) is 4.99 Å². The number of imidazole rings is 1. The highest BCUT2D eigenvalue weighted by Gasteiger charge is 2.09. The lowest BCUT2D eigenvalue weighted by molar-refractivity contribution is 0.470. The minimum absolute atomic E-state index is 0. The first-order chi connectivity index (χ1) is 13.7. The number of hydrogen-bond acceptors (Lipinski definition) is 4. The molecule has 0 saturated carbocycles. The van der Waals surface area contributed by atoms with Gasteiger partial charge in [0.25, 0.3) is 0 Å². The van der Waals surface area contributed by atoms with Crippen LogP contribution in [0.3, 0.4) is 0 Å². The molecular formula is C21H29IN6S. The van der Waals surface area contributed by atoms with E-state index in [1.807, 2.05) is 32.4 Å². The third-order valence-corrected chi connectivity index (χ3v) is 5.18. The van der Waals surface area contributed by atoms with Crippen LogP contribution in [0.2, 0.25) is 0 Å². The maximum atomic E-state index is 4.79. The van der Waals surface area contributed by atoms with E-state index >= 15 is 0 Å². The van der Waals surface area contributed by atoms with Gasteiger partial charge >= 0.3 is 0 Å². The van der Waals surface area contributed by atoms with Crippen LogP contribution in [-0.4, -0.2) is 45.5 Å². The Bertz CT molecular complexity index is 889. The van der Waals surface area contributed by atoms with Crippen molar-refractivity contribution in [2.75, 3.05) is 20.1 Å². The van der Waals surface area contributed by atoms with Crippen molar-refractivity contribution in [3.05, 3.63) is 70.2 Å². The third kappa shape index (κ3) is 7.11. The molecule has 6 nitrogen and oxygen atoms in total. The fourth-order valence-corrected chi connectivity index (χ4v) is 3.63. The quantitative estimate of drug-likeness (QED) is 0.276. The Morgan fingerprint density at radius 2 is 2.07 bits per heavy atom. The molecule has 0 amide bonds. The first-order valence-electron chi connectivity index (χ1n) is 9.60. The number of guanidine groups is 1. The van der Waals surface area contributed by atoms with E-state index in [-0.39, 0.29) is 24.0 Å². The van der Waals surface area contributed by atoms with Gasteiger partial charge in [0.2, 0.25) is 0 Å². The minimum atomic E-state index is 0. The second-order valence-electron chi connectivity index (χ2n) is 6.66. The van der Waals surface area contributed by atoms with Gasteiger partial charge in [0.15, 0.2) is 5.96 Å². The van der Waals surface area contributed by atoms with Gasteiger partial charge in [0.1, 0.15) is 5.82 Å².